The number of ether oxygens (including phenoxy) is 1. The summed E-state index contributed by atoms with van der Waals surface area (Å²) in [6.45, 7) is 0.661. The van der Waals surface area contributed by atoms with Crippen LogP contribution in [0, 0.1) is 0 Å². The van der Waals surface area contributed by atoms with Crippen molar-refractivity contribution >= 4 is 11.9 Å². The zero-order valence-electron chi connectivity index (χ0n) is 14.9. The Bertz CT molecular complexity index is 939. The number of methoxy groups -OCH3 is 1. The summed E-state index contributed by atoms with van der Waals surface area (Å²) in [6.07, 6.45) is 5.01. The van der Waals surface area contributed by atoms with Gasteiger partial charge >= 0.3 is 0 Å². The van der Waals surface area contributed by atoms with Crippen molar-refractivity contribution in [1.29, 1.82) is 0 Å². The molecule has 138 valence electrons. The van der Waals surface area contributed by atoms with Crippen LogP contribution in [0.5, 0.6) is 5.75 Å². The molecule has 2 aromatic heterocycles. The molecule has 8 heteroatoms. The summed E-state index contributed by atoms with van der Waals surface area (Å²) >= 11 is 0. The number of nitrogen functional groups attached to an aromatic ring is 1. The molecular weight excluding hydrogens is 344 g/mol. The third kappa shape index (κ3) is 3.21. The Kier molecular flexibility index (Phi) is 4.45. The van der Waals surface area contributed by atoms with Crippen LogP contribution in [0.15, 0.2) is 42.7 Å². The first-order valence-electron chi connectivity index (χ1n) is 8.74. The number of likely N-dealkylation sites (tertiary alicyclic amines) is 1. The maximum atomic E-state index is 12.9. The SMILES string of the molecule is COc1ccc(-c2cnc(N)nc2[C@@H]2CCCN2C(=O)c2ccn[nH]2)cc1. The van der Waals surface area contributed by atoms with Crippen LogP contribution in [0.25, 0.3) is 11.1 Å². The maximum Gasteiger partial charge on any atom is 0.272 e. The minimum Gasteiger partial charge on any atom is -0.497 e. The minimum atomic E-state index is -0.164. The number of aromatic nitrogens is 4. The lowest BCUT2D eigenvalue weighted by molar-refractivity contribution is 0.0727. The second kappa shape index (κ2) is 7.06. The number of H-pyrrole nitrogens is 1. The lowest BCUT2D eigenvalue weighted by atomic mass is 9.99. The van der Waals surface area contributed by atoms with Gasteiger partial charge in [-0.25, -0.2) is 9.97 Å². The van der Waals surface area contributed by atoms with Gasteiger partial charge in [0.15, 0.2) is 0 Å². The fourth-order valence-electron chi connectivity index (χ4n) is 3.48. The molecule has 27 heavy (non-hydrogen) atoms. The van der Waals surface area contributed by atoms with Gasteiger partial charge in [-0.3, -0.25) is 9.89 Å². The van der Waals surface area contributed by atoms with Crippen LogP contribution in [-0.2, 0) is 0 Å². The number of benzene rings is 1. The summed E-state index contributed by atoms with van der Waals surface area (Å²) in [7, 11) is 1.63. The summed E-state index contributed by atoms with van der Waals surface area (Å²) in [6, 6.07) is 9.19. The standard InChI is InChI=1S/C19H20N6O2/c1-27-13-6-4-12(5-7-13)14-11-21-19(20)23-17(14)16-3-2-10-25(16)18(26)15-8-9-22-24-15/h4-9,11,16H,2-3,10H2,1H3,(H,22,24)(H2,20,21,23)/t16-/m0/s1. The van der Waals surface area contributed by atoms with Gasteiger partial charge in [0.2, 0.25) is 5.95 Å². The predicted octanol–water partition coefficient (Wildman–Crippen LogP) is 2.43. The highest BCUT2D eigenvalue weighted by molar-refractivity contribution is 5.92. The largest absolute Gasteiger partial charge is 0.497 e. The Balaban J connectivity index is 1.73. The van der Waals surface area contributed by atoms with Crippen molar-refractivity contribution in [3.8, 4) is 16.9 Å². The Labute approximate surface area is 156 Å². The third-order valence-electron chi connectivity index (χ3n) is 4.80. The summed E-state index contributed by atoms with van der Waals surface area (Å²) in [5.74, 6) is 0.879. The van der Waals surface area contributed by atoms with Gasteiger partial charge in [-0.2, -0.15) is 5.10 Å². The lowest BCUT2D eigenvalue weighted by Gasteiger charge is -2.25. The van der Waals surface area contributed by atoms with E-state index in [1.54, 1.807) is 25.6 Å². The van der Waals surface area contributed by atoms with Gasteiger partial charge in [0.25, 0.3) is 5.91 Å². The average Bonchev–Trinajstić information content (AvgIpc) is 3.39. The molecule has 3 heterocycles. The molecule has 1 fully saturated rings. The number of nitrogens with two attached hydrogens (primary N) is 1. The Hall–Kier alpha value is -3.42. The third-order valence-corrected chi connectivity index (χ3v) is 4.80. The van der Waals surface area contributed by atoms with Crippen LogP contribution in [-0.4, -0.2) is 44.6 Å². The van der Waals surface area contributed by atoms with Crippen molar-refractivity contribution in [1.82, 2.24) is 25.1 Å². The average molecular weight is 364 g/mol. The molecule has 8 nitrogen and oxygen atoms in total. The monoisotopic (exact) mass is 364 g/mol. The van der Waals surface area contributed by atoms with E-state index in [9.17, 15) is 4.79 Å². The molecule has 1 amide bonds. The minimum absolute atomic E-state index is 0.0899. The Morgan fingerprint density at radius 2 is 2.11 bits per heavy atom. The molecule has 0 spiro atoms. The Morgan fingerprint density at radius 3 is 2.81 bits per heavy atom. The van der Waals surface area contributed by atoms with E-state index in [4.69, 9.17) is 10.5 Å². The van der Waals surface area contributed by atoms with Crippen LogP contribution in [0.4, 0.5) is 5.95 Å². The highest BCUT2D eigenvalue weighted by atomic mass is 16.5. The molecule has 1 aliphatic rings. The zero-order valence-corrected chi connectivity index (χ0v) is 14.9. The normalized spacial score (nSPS) is 16.5. The number of carbonyl (C=O) groups is 1. The number of anilines is 1. The van der Waals surface area contributed by atoms with Gasteiger partial charge in [0, 0.05) is 24.5 Å². The van der Waals surface area contributed by atoms with Crippen LogP contribution < -0.4 is 10.5 Å². The number of amides is 1. The fourth-order valence-corrected chi connectivity index (χ4v) is 3.48. The molecule has 0 bridgehead atoms. The smallest absolute Gasteiger partial charge is 0.272 e. The van der Waals surface area contributed by atoms with Gasteiger partial charge in [0.1, 0.15) is 11.4 Å². The lowest BCUT2D eigenvalue weighted by Crippen LogP contribution is -2.31. The van der Waals surface area contributed by atoms with Gasteiger partial charge in [-0.15, -0.1) is 0 Å². The number of hydrogen-bond acceptors (Lipinski definition) is 6. The van der Waals surface area contributed by atoms with E-state index >= 15 is 0 Å². The number of aromatic amines is 1. The Morgan fingerprint density at radius 1 is 1.30 bits per heavy atom. The van der Waals surface area contributed by atoms with Crippen LogP contribution in [0.3, 0.4) is 0 Å². The number of rotatable bonds is 4. The molecule has 3 aromatic rings. The van der Waals surface area contributed by atoms with E-state index in [1.165, 1.54) is 0 Å². The number of nitrogens with zero attached hydrogens (tertiary/aromatic N) is 4. The molecule has 1 aromatic carbocycles. The van der Waals surface area contributed by atoms with Crippen molar-refractivity contribution in [2.24, 2.45) is 0 Å². The van der Waals surface area contributed by atoms with Crippen molar-refractivity contribution in [2.75, 3.05) is 19.4 Å². The fraction of sp³-hybridized carbons (Fsp3) is 0.263. The first-order valence-corrected chi connectivity index (χ1v) is 8.74. The highest BCUT2D eigenvalue weighted by Gasteiger charge is 2.34. The first-order chi connectivity index (χ1) is 13.2. The maximum absolute atomic E-state index is 12.9. The summed E-state index contributed by atoms with van der Waals surface area (Å²) < 4.78 is 5.23. The van der Waals surface area contributed by atoms with Gasteiger partial charge < -0.3 is 15.4 Å². The quantitative estimate of drug-likeness (QED) is 0.736. The molecule has 1 atom stereocenters. The van der Waals surface area contributed by atoms with Gasteiger partial charge in [-0.05, 0) is 36.6 Å². The second-order valence-corrected chi connectivity index (χ2v) is 6.38. The van der Waals surface area contributed by atoms with Crippen molar-refractivity contribution in [3.63, 3.8) is 0 Å². The number of carbonyl (C=O) groups excluding carboxylic acids is 1. The molecule has 0 unspecified atom stereocenters. The molecule has 1 aliphatic heterocycles. The van der Waals surface area contributed by atoms with E-state index in [2.05, 4.69) is 20.2 Å². The molecule has 0 aliphatic carbocycles. The van der Waals surface area contributed by atoms with Crippen LogP contribution in [0.1, 0.15) is 35.1 Å². The summed E-state index contributed by atoms with van der Waals surface area (Å²) in [5.41, 5.74) is 8.92. The summed E-state index contributed by atoms with van der Waals surface area (Å²) in [5, 5.41) is 6.62. The van der Waals surface area contributed by atoms with Crippen molar-refractivity contribution < 1.29 is 9.53 Å². The topological polar surface area (TPSA) is 110 Å². The predicted molar refractivity (Wildman–Crippen MR) is 100 cm³/mol. The van der Waals surface area contributed by atoms with E-state index in [1.807, 2.05) is 29.2 Å². The molecule has 0 radical (unpaired) electrons. The molecule has 1 saturated heterocycles. The molecule has 4 rings (SSSR count). The van der Waals surface area contributed by atoms with E-state index in [0.29, 0.717) is 12.2 Å². The van der Waals surface area contributed by atoms with Gasteiger partial charge in [-0.1, -0.05) is 12.1 Å². The van der Waals surface area contributed by atoms with Gasteiger partial charge in [0.05, 0.1) is 18.8 Å². The molecular formula is C19H20N6O2. The highest BCUT2D eigenvalue weighted by Crippen LogP contribution is 2.37. The van der Waals surface area contributed by atoms with E-state index in [0.717, 1.165) is 35.4 Å². The van der Waals surface area contributed by atoms with E-state index < -0.39 is 0 Å². The molecule has 0 saturated carbocycles. The van der Waals surface area contributed by atoms with Crippen molar-refractivity contribution in [3.05, 3.63) is 54.1 Å². The van der Waals surface area contributed by atoms with Crippen LogP contribution in [0.2, 0.25) is 0 Å². The molecule has 3 N–H and O–H groups in total. The number of nitrogens with one attached hydrogen (secondary N) is 1. The summed E-state index contributed by atoms with van der Waals surface area (Å²) in [4.78, 5) is 23.4. The van der Waals surface area contributed by atoms with Crippen LogP contribution >= 0.6 is 0 Å². The van der Waals surface area contributed by atoms with Crippen molar-refractivity contribution in [2.45, 2.75) is 18.9 Å². The zero-order chi connectivity index (χ0) is 18.8. The second-order valence-electron chi connectivity index (χ2n) is 6.38. The first kappa shape index (κ1) is 17.0. The number of hydrogen-bond donors (Lipinski definition) is 2. The van der Waals surface area contributed by atoms with E-state index in [-0.39, 0.29) is 17.9 Å².